The number of amides is 1. The zero-order valence-corrected chi connectivity index (χ0v) is 12.7. The molecule has 1 saturated heterocycles. The predicted molar refractivity (Wildman–Crippen MR) is 82.7 cm³/mol. The first kappa shape index (κ1) is 15.0. The topological polar surface area (TPSA) is 32.3 Å². The largest absolute Gasteiger partial charge is 0.352 e. The maximum Gasteiger partial charge on any atom is 0.251 e. The van der Waals surface area contributed by atoms with Crippen molar-refractivity contribution in [2.75, 3.05) is 19.6 Å². The van der Waals surface area contributed by atoms with Crippen LogP contribution in [0.15, 0.2) is 24.3 Å². The molecule has 1 amide bonds. The summed E-state index contributed by atoms with van der Waals surface area (Å²) in [5.41, 5.74) is 2.06. The Morgan fingerprint density at radius 1 is 1.15 bits per heavy atom. The third kappa shape index (κ3) is 4.64. The number of nitrogens with one attached hydrogen (secondary N) is 1. The second kappa shape index (κ2) is 7.44. The van der Waals surface area contributed by atoms with E-state index in [1.165, 1.54) is 37.9 Å². The number of benzene rings is 1. The van der Waals surface area contributed by atoms with Gasteiger partial charge in [0.2, 0.25) is 0 Å². The maximum absolute atomic E-state index is 11.9. The van der Waals surface area contributed by atoms with Crippen LogP contribution < -0.4 is 5.32 Å². The van der Waals surface area contributed by atoms with Gasteiger partial charge in [-0.3, -0.25) is 9.69 Å². The van der Waals surface area contributed by atoms with Crippen LogP contribution in [-0.4, -0.2) is 30.4 Å². The van der Waals surface area contributed by atoms with Crippen LogP contribution >= 0.6 is 0 Å². The van der Waals surface area contributed by atoms with E-state index in [9.17, 15) is 4.79 Å². The highest BCUT2D eigenvalue weighted by Gasteiger charge is 2.11. The fraction of sp³-hybridized carbons (Fsp3) is 0.588. The lowest BCUT2D eigenvalue weighted by atomic mass is 10.1. The van der Waals surface area contributed by atoms with Crippen molar-refractivity contribution in [2.45, 2.75) is 39.7 Å². The third-order valence-corrected chi connectivity index (χ3v) is 3.74. The molecule has 0 spiro atoms. The first-order valence-corrected chi connectivity index (χ1v) is 7.74. The van der Waals surface area contributed by atoms with E-state index in [0.29, 0.717) is 5.92 Å². The number of rotatable bonds is 5. The van der Waals surface area contributed by atoms with Crippen molar-refractivity contribution >= 4 is 5.91 Å². The lowest BCUT2D eigenvalue weighted by Crippen LogP contribution is -2.29. The molecule has 110 valence electrons. The molecule has 1 heterocycles. The molecule has 0 radical (unpaired) electrons. The number of hydrogen-bond donors (Lipinski definition) is 1. The second-order valence-electron chi connectivity index (χ2n) is 6.14. The summed E-state index contributed by atoms with van der Waals surface area (Å²) in [4.78, 5) is 14.4. The lowest BCUT2D eigenvalue weighted by molar-refractivity contribution is 0.0949. The number of piperidine rings is 1. The quantitative estimate of drug-likeness (QED) is 0.895. The molecule has 1 aliphatic rings. The van der Waals surface area contributed by atoms with Crippen molar-refractivity contribution < 1.29 is 4.79 Å². The Morgan fingerprint density at radius 3 is 2.40 bits per heavy atom. The van der Waals surface area contributed by atoms with Gasteiger partial charge in [0.15, 0.2) is 0 Å². The Kier molecular flexibility index (Phi) is 5.60. The number of carbonyl (C=O) groups is 1. The van der Waals surface area contributed by atoms with Gasteiger partial charge in [-0.2, -0.15) is 0 Å². The normalized spacial score (nSPS) is 16.4. The average molecular weight is 274 g/mol. The van der Waals surface area contributed by atoms with Gasteiger partial charge < -0.3 is 5.32 Å². The molecule has 1 aromatic rings. The van der Waals surface area contributed by atoms with Crippen LogP contribution in [0.4, 0.5) is 0 Å². The summed E-state index contributed by atoms with van der Waals surface area (Å²) in [6.45, 7) is 8.35. The summed E-state index contributed by atoms with van der Waals surface area (Å²) in [6, 6.07) is 8.04. The predicted octanol–water partition coefficient (Wildman–Crippen LogP) is 3.06. The Labute approximate surface area is 122 Å². The molecule has 0 aliphatic carbocycles. The highest BCUT2D eigenvalue weighted by atomic mass is 16.1. The molecule has 20 heavy (non-hydrogen) atoms. The van der Waals surface area contributed by atoms with Crippen molar-refractivity contribution in [2.24, 2.45) is 5.92 Å². The van der Waals surface area contributed by atoms with E-state index < -0.39 is 0 Å². The Hall–Kier alpha value is -1.35. The van der Waals surface area contributed by atoms with Crippen molar-refractivity contribution in [3.05, 3.63) is 35.4 Å². The van der Waals surface area contributed by atoms with E-state index in [-0.39, 0.29) is 5.91 Å². The molecule has 1 N–H and O–H groups in total. The minimum absolute atomic E-state index is 0.0308. The van der Waals surface area contributed by atoms with Crippen LogP contribution in [0.2, 0.25) is 0 Å². The van der Waals surface area contributed by atoms with Crippen molar-refractivity contribution in [1.82, 2.24) is 10.2 Å². The Bertz CT molecular complexity index is 419. The van der Waals surface area contributed by atoms with Gasteiger partial charge in [-0.1, -0.05) is 32.4 Å². The molecule has 0 bridgehead atoms. The van der Waals surface area contributed by atoms with E-state index in [2.05, 4.69) is 36.2 Å². The zero-order valence-electron chi connectivity index (χ0n) is 12.7. The molecule has 0 aromatic heterocycles. The molecule has 0 atom stereocenters. The van der Waals surface area contributed by atoms with Gasteiger partial charge in [0.05, 0.1) is 0 Å². The number of carbonyl (C=O) groups excluding carboxylic acids is 1. The average Bonchev–Trinajstić information content (AvgIpc) is 2.46. The molecule has 0 saturated carbocycles. The van der Waals surface area contributed by atoms with Gasteiger partial charge in [0.25, 0.3) is 5.91 Å². The summed E-state index contributed by atoms with van der Waals surface area (Å²) >= 11 is 0. The molecule has 3 heteroatoms. The van der Waals surface area contributed by atoms with Gasteiger partial charge in [-0.15, -0.1) is 0 Å². The Balaban J connectivity index is 1.87. The highest BCUT2D eigenvalue weighted by molar-refractivity contribution is 5.94. The summed E-state index contributed by atoms with van der Waals surface area (Å²) in [7, 11) is 0. The maximum atomic E-state index is 11.9. The van der Waals surface area contributed by atoms with Crippen LogP contribution in [0, 0.1) is 5.92 Å². The second-order valence-corrected chi connectivity index (χ2v) is 6.14. The first-order valence-electron chi connectivity index (χ1n) is 7.74. The summed E-state index contributed by atoms with van der Waals surface area (Å²) in [5.74, 6) is 0.514. The van der Waals surface area contributed by atoms with E-state index in [0.717, 1.165) is 18.7 Å². The zero-order chi connectivity index (χ0) is 14.4. The summed E-state index contributed by atoms with van der Waals surface area (Å²) in [5, 5.41) is 2.95. The smallest absolute Gasteiger partial charge is 0.251 e. The van der Waals surface area contributed by atoms with Gasteiger partial charge in [0.1, 0.15) is 0 Å². The first-order chi connectivity index (χ1) is 9.65. The molecular weight excluding hydrogens is 248 g/mol. The molecule has 0 unspecified atom stereocenters. The van der Waals surface area contributed by atoms with Crippen molar-refractivity contribution in [3.8, 4) is 0 Å². The van der Waals surface area contributed by atoms with E-state index in [1.54, 1.807) is 0 Å². The summed E-state index contributed by atoms with van der Waals surface area (Å²) < 4.78 is 0. The van der Waals surface area contributed by atoms with E-state index >= 15 is 0 Å². The Morgan fingerprint density at radius 2 is 1.80 bits per heavy atom. The molecular formula is C17H26N2O. The van der Waals surface area contributed by atoms with Gasteiger partial charge in [0, 0.05) is 18.7 Å². The fourth-order valence-electron chi connectivity index (χ4n) is 2.54. The molecule has 1 aliphatic heterocycles. The monoisotopic (exact) mass is 274 g/mol. The van der Waals surface area contributed by atoms with Crippen LogP contribution in [-0.2, 0) is 6.54 Å². The number of hydrogen-bond acceptors (Lipinski definition) is 2. The summed E-state index contributed by atoms with van der Waals surface area (Å²) in [6.07, 6.45) is 4.00. The van der Waals surface area contributed by atoms with E-state index in [4.69, 9.17) is 0 Å². The fourth-order valence-corrected chi connectivity index (χ4v) is 2.54. The standard InChI is InChI=1S/C17H26N2O/c1-14(2)12-18-17(20)16-8-6-15(7-9-16)13-19-10-4-3-5-11-19/h6-9,14H,3-5,10-13H2,1-2H3,(H,18,20). The minimum atomic E-state index is 0.0308. The van der Waals surface area contributed by atoms with Gasteiger partial charge in [-0.05, 0) is 49.5 Å². The van der Waals surface area contributed by atoms with Crippen LogP contribution in [0.1, 0.15) is 49.0 Å². The van der Waals surface area contributed by atoms with Crippen LogP contribution in [0.3, 0.4) is 0 Å². The van der Waals surface area contributed by atoms with Crippen LogP contribution in [0.5, 0.6) is 0 Å². The van der Waals surface area contributed by atoms with Gasteiger partial charge in [-0.25, -0.2) is 0 Å². The van der Waals surface area contributed by atoms with Crippen molar-refractivity contribution in [1.29, 1.82) is 0 Å². The van der Waals surface area contributed by atoms with Crippen molar-refractivity contribution in [3.63, 3.8) is 0 Å². The minimum Gasteiger partial charge on any atom is -0.352 e. The molecule has 1 fully saturated rings. The van der Waals surface area contributed by atoms with E-state index in [1.807, 2.05) is 12.1 Å². The van der Waals surface area contributed by atoms with Gasteiger partial charge >= 0.3 is 0 Å². The molecule has 2 rings (SSSR count). The van der Waals surface area contributed by atoms with Crippen LogP contribution in [0.25, 0.3) is 0 Å². The number of nitrogens with zero attached hydrogens (tertiary/aromatic N) is 1. The highest BCUT2D eigenvalue weighted by Crippen LogP contribution is 2.13. The SMILES string of the molecule is CC(C)CNC(=O)c1ccc(CN2CCCCC2)cc1. The molecule has 3 nitrogen and oxygen atoms in total. The third-order valence-electron chi connectivity index (χ3n) is 3.74. The lowest BCUT2D eigenvalue weighted by Gasteiger charge is -2.26. The molecule has 1 aromatic carbocycles. The number of likely N-dealkylation sites (tertiary alicyclic amines) is 1.